The number of nitrogens with zero attached hydrogens (tertiary/aromatic N) is 3. The molecule has 0 saturated carbocycles. The minimum atomic E-state index is -5.77. The largest absolute Gasteiger partial charge is 0.458 e. The molecular weight excluding hydrogens is 586 g/mol. The number of Topliss-reactive ketones (excluding diaryl/α,β-unsaturated/α-hetero) is 2. The molecular formula is C32H38F6N4O2. The lowest BCUT2D eigenvalue weighted by atomic mass is 9.91. The number of aromatic nitrogens is 2. The maximum absolute atomic E-state index is 11.2. The normalized spacial score (nSPS) is 15.4. The minimum Gasteiger partial charge on any atom is -0.313 e. The van der Waals surface area contributed by atoms with Crippen LogP contribution in [0.1, 0.15) is 54.7 Å². The molecule has 1 aliphatic rings. The van der Waals surface area contributed by atoms with Crippen LogP contribution in [0.25, 0.3) is 0 Å². The summed E-state index contributed by atoms with van der Waals surface area (Å²) in [7, 11) is 2.08. The Balaban J connectivity index is 0.000000375. The van der Waals surface area contributed by atoms with E-state index in [4.69, 9.17) is 5.10 Å². The summed E-state index contributed by atoms with van der Waals surface area (Å²) in [5, 5.41) is 8.39. The van der Waals surface area contributed by atoms with Crippen LogP contribution in [0.4, 0.5) is 26.3 Å². The van der Waals surface area contributed by atoms with Gasteiger partial charge in [0.15, 0.2) is 0 Å². The molecule has 44 heavy (non-hydrogen) atoms. The molecule has 1 fully saturated rings. The lowest BCUT2D eigenvalue weighted by Crippen LogP contribution is -2.39. The molecule has 3 aromatic rings. The third-order valence-corrected chi connectivity index (χ3v) is 7.65. The van der Waals surface area contributed by atoms with Crippen molar-refractivity contribution in [3.05, 3.63) is 89.2 Å². The van der Waals surface area contributed by atoms with Crippen LogP contribution >= 0.6 is 0 Å². The summed E-state index contributed by atoms with van der Waals surface area (Å²) < 4.78 is 69.2. The molecule has 0 radical (unpaired) electrons. The second kappa shape index (κ2) is 16.0. The highest BCUT2D eigenvalue weighted by Crippen LogP contribution is 2.25. The van der Waals surface area contributed by atoms with Gasteiger partial charge >= 0.3 is 23.9 Å². The summed E-state index contributed by atoms with van der Waals surface area (Å²) in [5.74, 6) is -6.04. The van der Waals surface area contributed by atoms with E-state index in [9.17, 15) is 35.9 Å². The fourth-order valence-electron chi connectivity index (χ4n) is 5.29. The number of carbonyl (C=O) groups is 2. The first kappa shape index (κ1) is 35.0. The molecule has 1 aliphatic heterocycles. The molecule has 6 nitrogen and oxygen atoms in total. The van der Waals surface area contributed by atoms with E-state index in [0.717, 1.165) is 31.7 Å². The van der Waals surface area contributed by atoms with Crippen molar-refractivity contribution in [1.29, 1.82) is 0 Å². The molecule has 0 aliphatic carbocycles. The molecule has 1 N–H and O–H groups in total. The number of hydrogen-bond donors (Lipinski definition) is 1. The second-order valence-corrected chi connectivity index (χ2v) is 10.8. The average Bonchev–Trinajstić information content (AvgIpc) is 3.38. The number of rotatable bonds is 11. The number of benzene rings is 2. The number of piperidine rings is 1. The number of carbonyl (C=O) groups excluding carboxylic acids is 2. The van der Waals surface area contributed by atoms with Crippen molar-refractivity contribution >= 4 is 11.6 Å². The van der Waals surface area contributed by atoms with Gasteiger partial charge in [-0.15, -0.1) is 0 Å². The van der Waals surface area contributed by atoms with Crippen LogP contribution in [0, 0.1) is 5.92 Å². The minimum absolute atomic E-state index is 0.441. The maximum Gasteiger partial charge on any atom is 0.458 e. The van der Waals surface area contributed by atoms with E-state index >= 15 is 0 Å². The van der Waals surface area contributed by atoms with E-state index in [1.807, 2.05) is 0 Å². The Morgan fingerprint density at radius 1 is 0.909 bits per heavy atom. The molecule has 0 bridgehead atoms. The number of hydrogen-bond acceptors (Lipinski definition) is 5. The predicted molar refractivity (Wildman–Crippen MR) is 155 cm³/mol. The fraction of sp³-hybridized carbons (Fsp3) is 0.469. The topological polar surface area (TPSA) is 67.2 Å². The lowest BCUT2D eigenvalue weighted by molar-refractivity contribution is -0.193. The average molecular weight is 625 g/mol. The summed E-state index contributed by atoms with van der Waals surface area (Å²) >= 11 is 0. The van der Waals surface area contributed by atoms with Gasteiger partial charge in [-0.1, -0.05) is 60.7 Å². The standard InChI is InChI=1S/C28H38N4.C4F6O2/c1-3-32-27(22-26(30-32)20-23-10-6-4-7-11-23)21-24-14-17-31(18-15-24)19-16-28(29-2)25-12-8-5-9-13-25;5-3(6,7)1(11)2(12)4(8,9)10/h4-13,22,24,28-29H,3,14-21H2,1-2H3;/t28-;/m0./s1. The molecule has 0 amide bonds. The van der Waals surface area contributed by atoms with Crippen molar-refractivity contribution in [2.45, 2.75) is 64.0 Å². The van der Waals surface area contributed by atoms with E-state index in [1.54, 1.807) is 0 Å². The number of halogens is 6. The Morgan fingerprint density at radius 2 is 1.45 bits per heavy atom. The van der Waals surface area contributed by atoms with Crippen molar-refractivity contribution in [2.75, 3.05) is 26.7 Å². The second-order valence-electron chi connectivity index (χ2n) is 10.8. The Labute approximate surface area is 253 Å². The molecule has 240 valence electrons. The van der Waals surface area contributed by atoms with Gasteiger partial charge in [-0.3, -0.25) is 14.3 Å². The molecule has 2 heterocycles. The van der Waals surface area contributed by atoms with Gasteiger partial charge in [0.05, 0.1) is 5.69 Å². The highest BCUT2D eigenvalue weighted by Gasteiger charge is 2.54. The summed E-state index contributed by atoms with van der Waals surface area (Å²) in [6.07, 6.45) is -5.72. The van der Waals surface area contributed by atoms with Crippen molar-refractivity contribution in [1.82, 2.24) is 20.0 Å². The smallest absolute Gasteiger partial charge is 0.313 e. The highest BCUT2D eigenvalue weighted by atomic mass is 19.4. The molecule has 1 aromatic heterocycles. The van der Waals surface area contributed by atoms with E-state index in [2.05, 4.69) is 95.6 Å². The third kappa shape index (κ3) is 10.6. The van der Waals surface area contributed by atoms with Gasteiger partial charge in [-0.05, 0) is 82.4 Å². The Morgan fingerprint density at radius 3 is 1.95 bits per heavy atom. The molecule has 1 saturated heterocycles. The SMILES string of the molecule is CCn1nc(Cc2ccccc2)cc1CC1CCN(CC[C@H](NC)c2ccccc2)CC1.O=C(C(=O)C(F)(F)F)C(F)(F)F. The van der Waals surface area contributed by atoms with Gasteiger partial charge in [0.25, 0.3) is 0 Å². The lowest BCUT2D eigenvalue weighted by Gasteiger charge is -2.33. The Hall–Kier alpha value is -3.51. The molecule has 1 atom stereocenters. The number of ketones is 2. The van der Waals surface area contributed by atoms with Gasteiger partial charge in [0.1, 0.15) is 0 Å². The van der Waals surface area contributed by atoms with E-state index in [1.165, 1.54) is 55.0 Å². The summed E-state index contributed by atoms with van der Waals surface area (Å²) in [6.45, 7) is 6.76. The Kier molecular flexibility index (Phi) is 12.7. The highest BCUT2D eigenvalue weighted by molar-refractivity contribution is 6.41. The van der Waals surface area contributed by atoms with Crippen molar-refractivity contribution in [2.24, 2.45) is 5.92 Å². The van der Waals surface area contributed by atoms with Gasteiger partial charge < -0.3 is 10.2 Å². The van der Waals surface area contributed by atoms with E-state index in [-0.39, 0.29) is 0 Å². The zero-order chi connectivity index (χ0) is 32.3. The zero-order valence-electron chi connectivity index (χ0n) is 24.8. The number of alkyl halides is 6. The van der Waals surface area contributed by atoms with E-state index < -0.39 is 23.9 Å². The van der Waals surface area contributed by atoms with Crippen molar-refractivity contribution in [3.63, 3.8) is 0 Å². The Bertz CT molecular complexity index is 1290. The number of nitrogens with one attached hydrogen (secondary N) is 1. The van der Waals surface area contributed by atoms with Crippen molar-refractivity contribution < 1.29 is 35.9 Å². The van der Waals surface area contributed by atoms with Crippen LogP contribution in [-0.2, 0) is 29.0 Å². The first-order valence-electron chi connectivity index (χ1n) is 14.6. The monoisotopic (exact) mass is 624 g/mol. The molecule has 12 heteroatoms. The van der Waals surface area contributed by atoms with Gasteiger partial charge in [-0.2, -0.15) is 31.4 Å². The first-order chi connectivity index (χ1) is 20.8. The van der Waals surface area contributed by atoms with Crippen molar-refractivity contribution in [3.8, 4) is 0 Å². The van der Waals surface area contributed by atoms with Crippen LogP contribution in [-0.4, -0.2) is 65.3 Å². The van der Waals surface area contributed by atoms with Gasteiger partial charge in [-0.25, -0.2) is 0 Å². The first-order valence-corrected chi connectivity index (χ1v) is 14.6. The molecule has 0 unspecified atom stereocenters. The van der Waals surface area contributed by atoms with Crippen LogP contribution in [0.15, 0.2) is 66.7 Å². The molecule has 4 rings (SSSR count). The quantitative estimate of drug-likeness (QED) is 0.199. The summed E-state index contributed by atoms with van der Waals surface area (Å²) in [6, 6.07) is 24.3. The number of aryl methyl sites for hydroxylation is 1. The fourth-order valence-corrected chi connectivity index (χ4v) is 5.29. The number of likely N-dealkylation sites (tertiary alicyclic amines) is 1. The third-order valence-electron chi connectivity index (χ3n) is 7.65. The molecule has 2 aromatic carbocycles. The van der Waals surface area contributed by atoms with Crippen LogP contribution in [0.3, 0.4) is 0 Å². The van der Waals surface area contributed by atoms with Crippen LogP contribution in [0.5, 0.6) is 0 Å². The zero-order valence-corrected chi connectivity index (χ0v) is 24.8. The summed E-state index contributed by atoms with van der Waals surface area (Å²) in [5.41, 5.74) is 5.34. The van der Waals surface area contributed by atoms with E-state index in [0.29, 0.717) is 6.04 Å². The predicted octanol–water partition coefficient (Wildman–Crippen LogP) is 6.35. The van der Waals surface area contributed by atoms with Crippen LogP contribution in [0.2, 0.25) is 0 Å². The van der Waals surface area contributed by atoms with Gasteiger partial charge in [0.2, 0.25) is 0 Å². The van der Waals surface area contributed by atoms with Gasteiger partial charge in [0, 0.05) is 24.7 Å². The summed E-state index contributed by atoms with van der Waals surface area (Å²) in [4.78, 5) is 21.9. The van der Waals surface area contributed by atoms with Crippen LogP contribution < -0.4 is 5.32 Å². The maximum atomic E-state index is 11.2. The molecule has 0 spiro atoms.